The molecule has 7 nitrogen and oxygen atoms in total. The van der Waals surface area contributed by atoms with E-state index in [4.69, 9.17) is 4.74 Å². The normalized spacial score (nSPS) is 13.8. The zero-order valence-electron chi connectivity index (χ0n) is 17.5. The molecule has 0 bridgehead atoms. The first-order chi connectivity index (χ1) is 15.7. The van der Waals surface area contributed by atoms with Gasteiger partial charge in [-0.2, -0.15) is 5.10 Å². The minimum atomic E-state index is -0.482. The van der Waals surface area contributed by atoms with Crippen LogP contribution in [0.1, 0.15) is 27.5 Å². The van der Waals surface area contributed by atoms with E-state index in [0.717, 1.165) is 33.4 Å². The first-order valence-electron chi connectivity index (χ1n) is 10.3. The van der Waals surface area contributed by atoms with Crippen molar-refractivity contribution < 1.29 is 14.6 Å². The summed E-state index contributed by atoms with van der Waals surface area (Å²) >= 11 is 0. The Kier molecular flexibility index (Phi) is 5.17. The van der Waals surface area contributed by atoms with E-state index >= 15 is 0 Å². The van der Waals surface area contributed by atoms with Crippen molar-refractivity contribution in [2.75, 3.05) is 13.7 Å². The van der Waals surface area contributed by atoms with Crippen LogP contribution in [0.5, 0.6) is 5.75 Å². The Bertz CT molecular complexity index is 1260. The van der Waals surface area contributed by atoms with E-state index in [-0.39, 0.29) is 12.5 Å². The highest BCUT2D eigenvalue weighted by Gasteiger charge is 2.35. The molecular weight excluding hydrogens is 404 g/mol. The Balaban J connectivity index is 1.61. The van der Waals surface area contributed by atoms with Crippen LogP contribution in [0, 0.1) is 0 Å². The van der Waals surface area contributed by atoms with E-state index in [1.54, 1.807) is 36.8 Å². The number of pyridine rings is 1. The number of aromatic nitrogens is 3. The number of carbonyl (C=O) groups is 1. The SMILES string of the molecule is COc1cccc(C(CO)N2Cc3c(cc(-c4cn[nH]c4)cc3-c3cccnc3)C2=O)c1. The van der Waals surface area contributed by atoms with E-state index in [1.807, 2.05) is 42.5 Å². The first-order valence-corrected chi connectivity index (χ1v) is 10.3. The lowest BCUT2D eigenvalue weighted by Crippen LogP contribution is -2.31. The van der Waals surface area contributed by atoms with E-state index in [1.165, 1.54) is 0 Å². The summed E-state index contributed by atoms with van der Waals surface area (Å²) in [6.45, 7) is 0.205. The maximum Gasteiger partial charge on any atom is 0.255 e. The van der Waals surface area contributed by atoms with Crippen LogP contribution < -0.4 is 4.74 Å². The van der Waals surface area contributed by atoms with E-state index < -0.39 is 6.04 Å². The van der Waals surface area contributed by atoms with Crippen LogP contribution in [0.3, 0.4) is 0 Å². The third kappa shape index (κ3) is 3.42. The molecule has 1 aliphatic rings. The number of rotatable bonds is 6. The molecule has 1 unspecified atom stereocenters. The standard InChI is InChI=1S/C25H22N4O3/c1-32-20-6-2-4-16(8-20)24(15-30)29-14-23-21(17-5-3-7-26-11-17)9-18(10-22(23)25(29)31)19-12-27-28-13-19/h2-13,24,30H,14-15H2,1H3,(H,27,28). The molecule has 32 heavy (non-hydrogen) atoms. The Hall–Kier alpha value is -3.97. The van der Waals surface area contributed by atoms with E-state index in [0.29, 0.717) is 17.9 Å². The summed E-state index contributed by atoms with van der Waals surface area (Å²) in [4.78, 5) is 19.6. The average molecular weight is 426 g/mol. The highest BCUT2D eigenvalue weighted by Crippen LogP contribution is 2.40. The fraction of sp³-hybridized carbons (Fsp3) is 0.160. The van der Waals surface area contributed by atoms with Gasteiger partial charge < -0.3 is 14.7 Å². The second kappa shape index (κ2) is 8.28. The van der Waals surface area contributed by atoms with Crippen molar-refractivity contribution in [2.45, 2.75) is 12.6 Å². The smallest absolute Gasteiger partial charge is 0.255 e. The molecule has 1 aliphatic heterocycles. The molecule has 1 atom stereocenters. The Morgan fingerprint density at radius 1 is 1.09 bits per heavy atom. The minimum Gasteiger partial charge on any atom is -0.497 e. The van der Waals surface area contributed by atoms with Crippen LogP contribution in [-0.4, -0.2) is 44.8 Å². The zero-order chi connectivity index (χ0) is 22.1. The van der Waals surface area contributed by atoms with Crippen molar-refractivity contribution in [3.8, 4) is 28.0 Å². The number of carbonyl (C=O) groups excluding carboxylic acids is 1. The van der Waals surface area contributed by atoms with Gasteiger partial charge in [-0.3, -0.25) is 14.9 Å². The molecule has 1 amide bonds. The molecule has 0 fully saturated rings. The van der Waals surface area contributed by atoms with Crippen molar-refractivity contribution in [1.29, 1.82) is 0 Å². The number of nitrogens with zero attached hydrogens (tertiary/aromatic N) is 3. The summed E-state index contributed by atoms with van der Waals surface area (Å²) < 4.78 is 5.33. The number of amides is 1. The molecule has 0 saturated carbocycles. The van der Waals surface area contributed by atoms with Gasteiger partial charge in [-0.25, -0.2) is 0 Å². The van der Waals surface area contributed by atoms with Crippen molar-refractivity contribution in [1.82, 2.24) is 20.1 Å². The molecular formula is C25H22N4O3. The van der Waals surface area contributed by atoms with Crippen molar-refractivity contribution >= 4 is 5.91 Å². The molecule has 0 aliphatic carbocycles. The van der Waals surface area contributed by atoms with Gasteiger partial charge >= 0.3 is 0 Å². The monoisotopic (exact) mass is 426 g/mol. The fourth-order valence-corrected chi connectivity index (χ4v) is 4.27. The second-order valence-corrected chi connectivity index (χ2v) is 7.69. The molecule has 0 spiro atoms. The summed E-state index contributed by atoms with van der Waals surface area (Å²) in [6.07, 6.45) is 7.07. The van der Waals surface area contributed by atoms with Gasteiger partial charge in [-0.15, -0.1) is 0 Å². The molecule has 2 N–H and O–H groups in total. The number of fused-ring (bicyclic) bond motifs is 1. The summed E-state index contributed by atoms with van der Waals surface area (Å²) in [5.41, 5.74) is 6.06. The van der Waals surface area contributed by atoms with Gasteiger partial charge in [0, 0.05) is 41.8 Å². The lowest BCUT2D eigenvalue weighted by Gasteiger charge is -2.27. The number of aliphatic hydroxyl groups excluding tert-OH is 1. The Morgan fingerprint density at radius 2 is 1.97 bits per heavy atom. The van der Waals surface area contributed by atoms with E-state index in [9.17, 15) is 9.90 Å². The van der Waals surface area contributed by atoms with Gasteiger partial charge in [-0.1, -0.05) is 18.2 Å². The fourth-order valence-electron chi connectivity index (χ4n) is 4.27. The molecule has 5 rings (SSSR count). The zero-order valence-corrected chi connectivity index (χ0v) is 17.5. The molecule has 0 saturated heterocycles. The van der Waals surface area contributed by atoms with Crippen LogP contribution in [0.4, 0.5) is 0 Å². The number of benzene rings is 2. The van der Waals surface area contributed by atoms with Gasteiger partial charge in [-0.05, 0) is 52.6 Å². The predicted octanol–water partition coefficient (Wildman–Crippen LogP) is 3.84. The summed E-state index contributed by atoms with van der Waals surface area (Å²) in [6, 6.07) is 14.8. The number of methoxy groups -OCH3 is 1. The van der Waals surface area contributed by atoms with Gasteiger partial charge in [0.25, 0.3) is 5.91 Å². The largest absolute Gasteiger partial charge is 0.497 e. The second-order valence-electron chi connectivity index (χ2n) is 7.69. The highest BCUT2D eigenvalue weighted by atomic mass is 16.5. The first kappa shape index (κ1) is 20.0. The maximum atomic E-state index is 13.6. The quantitative estimate of drug-likeness (QED) is 0.489. The maximum absolute atomic E-state index is 13.6. The molecule has 2 aromatic heterocycles. The van der Waals surface area contributed by atoms with E-state index in [2.05, 4.69) is 21.2 Å². The lowest BCUT2D eigenvalue weighted by molar-refractivity contribution is 0.0615. The average Bonchev–Trinajstić information content (AvgIpc) is 3.49. The summed E-state index contributed by atoms with van der Waals surface area (Å²) in [7, 11) is 1.60. The number of H-pyrrole nitrogens is 1. The van der Waals surface area contributed by atoms with Gasteiger partial charge in [0.15, 0.2) is 0 Å². The van der Waals surface area contributed by atoms with Crippen LogP contribution in [0.2, 0.25) is 0 Å². The van der Waals surface area contributed by atoms with Gasteiger partial charge in [0.1, 0.15) is 5.75 Å². The van der Waals surface area contributed by atoms with Crippen LogP contribution in [-0.2, 0) is 6.54 Å². The lowest BCUT2D eigenvalue weighted by atomic mass is 9.93. The van der Waals surface area contributed by atoms with Gasteiger partial charge in [0.2, 0.25) is 0 Å². The van der Waals surface area contributed by atoms with Crippen LogP contribution >= 0.6 is 0 Å². The molecule has 7 heteroatoms. The van der Waals surface area contributed by atoms with Gasteiger partial charge in [0.05, 0.1) is 26.0 Å². The van der Waals surface area contributed by atoms with Crippen molar-refractivity contribution in [3.63, 3.8) is 0 Å². The highest BCUT2D eigenvalue weighted by molar-refractivity contribution is 6.02. The van der Waals surface area contributed by atoms with Crippen molar-refractivity contribution in [3.05, 3.63) is 90.0 Å². The molecule has 4 aromatic rings. The molecule has 0 radical (unpaired) electrons. The number of aliphatic hydroxyl groups is 1. The Labute approximate surface area is 185 Å². The topological polar surface area (TPSA) is 91.3 Å². The third-order valence-electron chi connectivity index (χ3n) is 5.90. The van der Waals surface area contributed by atoms with Crippen LogP contribution in [0.25, 0.3) is 22.3 Å². The number of aromatic amines is 1. The minimum absolute atomic E-state index is 0.114. The van der Waals surface area contributed by atoms with Crippen LogP contribution in [0.15, 0.2) is 73.3 Å². The number of nitrogens with one attached hydrogen (secondary N) is 1. The Morgan fingerprint density at radius 3 is 2.69 bits per heavy atom. The third-order valence-corrected chi connectivity index (χ3v) is 5.90. The van der Waals surface area contributed by atoms with Crippen molar-refractivity contribution in [2.24, 2.45) is 0 Å². The number of hydrogen-bond acceptors (Lipinski definition) is 5. The molecule has 2 aromatic carbocycles. The number of ether oxygens (including phenoxy) is 1. The predicted molar refractivity (Wildman–Crippen MR) is 120 cm³/mol. The summed E-state index contributed by atoms with van der Waals surface area (Å²) in [5, 5.41) is 17.1. The summed E-state index contributed by atoms with van der Waals surface area (Å²) in [5.74, 6) is 0.570. The molecule has 160 valence electrons. The molecule has 3 heterocycles. The number of hydrogen-bond donors (Lipinski definition) is 2.